The minimum absolute atomic E-state index is 0.102. The molecule has 100 valence electrons. The highest BCUT2D eigenvalue weighted by atomic mass is 79.9. The minimum Gasteiger partial charge on any atom is -0.321 e. The summed E-state index contributed by atoms with van der Waals surface area (Å²) in [6, 6.07) is 11.4. The Morgan fingerprint density at radius 3 is 2.85 bits per heavy atom. The molecule has 0 bridgehead atoms. The molecule has 1 aromatic carbocycles. The van der Waals surface area contributed by atoms with Gasteiger partial charge in [0.25, 0.3) is 5.91 Å². The van der Waals surface area contributed by atoms with Gasteiger partial charge < -0.3 is 5.32 Å². The average Bonchev–Trinajstić information content (AvgIpc) is 2.89. The number of aromatic nitrogens is 1. The molecule has 0 aliphatic rings. The number of nitrogens with zero attached hydrogens (tertiary/aromatic N) is 1. The highest BCUT2D eigenvalue weighted by Gasteiger charge is 2.11. The van der Waals surface area contributed by atoms with E-state index in [1.165, 1.54) is 11.3 Å². The summed E-state index contributed by atoms with van der Waals surface area (Å²) in [7, 11) is 0. The van der Waals surface area contributed by atoms with Gasteiger partial charge in [0, 0.05) is 11.6 Å². The van der Waals surface area contributed by atoms with E-state index in [0.717, 1.165) is 25.9 Å². The van der Waals surface area contributed by atoms with Crippen molar-refractivity contribution in [3.8, 4) is 0 Å². The maximum Gasteiger partial charge on any atom is 0.265 e. The SMILES string of the molecule is Cc1ccc(NC(=O)c2ccc(Br)s2)c2cccnc12. The molecule has 1 N–H and O–H groups in total. The molecule has 0 radical (unpaired) electrons. The molecule has 5 heteroatoms. The summed E-state index contributed by atoms with van der Waals surface area (Å²) in [6.07, 6.45) is 1.76. The number of carbonyl (C=O) groups is 1. The van der Waals surface area contributed by atoms with E-state index >= 15 is 0 Å². The summed E-state index contributed by atoms with van der Waals surface area (Å²) in [4.78, 5) is 17.3. The number of aryl methyl sites for hydroxylation is 1. The molecule has 0 spiro atoms. The third-order valence-electron chi connectivity index (χ3n) is 3.02. The maximum absolute atomic E-state index is 12.2. The van der Waals surface area contributed by atoms with Crippen LogP contribution in [-0.4, -0.2) is 10.9 Å². The van der Waals surface area contributed by atoms with Crippen molar-refractivity contribution in [2.75, 3.05) is 5.32 Å². The van der Waals surface area contributed by atoms with E-state index in [-0.39, 0.29) is 5.91 Å². The molecule has 1 amide bonds. The van der Waals surface area contributed by atoms with Crippen molar-refractivity contribution in [3.05, 3.63) is 56.8 Å². The van der Waals surface area contributed by atoms with E-state index in [4.69, 9.17) is 0 Å². The lowest BCUT2D eigenvalue weighted by Gasteiger charge is -2.09. The number of nitrogens with one attached hydrogen (secondary N) is 1. The normalized spacial score (nSPS) is 10.7. The highest BCUT2D eigenvalue weighted by molar-refractivity contribution is 9.11. The molecule has 0 aliphatic heterocycles. The Bertz CT molecular complexity index is 797. The zero-order valence-electron chi connectivity index (χ0n) is 10.7. The highest BCUT2D eigenvalue weighted by Crippen LogP contribution is 2.27. The number of fused-ring (bicyclic) bond motifs is 1. The molecule has 2 aromatic heterocycles. The molecule has 0 atom stereocenters. The molecular formula is C15H11BrN2OS. The number of anilines is 1. The van der Waals surface area contributed by atoms with Crippen LogP contribution in [0.1, 0.15) is 15.2 Å². The second-order valence-corrected chi connectivity index (χ2v) is 6.85. The van der Waals surface area contributed by atoms with Crippen LogP contribution in [0, 0.1) is 6.92 Å². The topological polar surface area (TPSA) is 42.0 Å². The maximum atomic E-state index is 12.2. The minimum atomic E-state index is -0.102. The van der Waals surface area contributed by atoms with E-state index < -0.39 is 0 Å². The first kappa shape index (κ1) is 13.3. The van der Waals surface area contributed by atoms with Crippen molar-refractivity contribution < 1.29 is 4.79 Å². The Kier molecular flexibility index (Phi) is 3.54. The van der Waals surface area contributed by atoms with Gasteiger partial charge in [0.15, 0.2) is 0 Å². The lowest BCUT2D eigenvalue weighted by Crippen LogP contribution is -2.10. The molecule has 0 fully saturated rings. The molecule has 3 rings (SSSR count). The number of hydrogen-bond acceptors (Lipinski definition) is 3. The first-order valence-corrected chi connectivity index (χ1v) is 7.67. The van der Waals surface area contributed by atoms with Gasteiger partial charge in [-0.2, -0.15) is 0 Å². The average molecular weight is 347 g/mol. The van der Waals surface area contributed by atoms with Crippen LogP contribution in [0.5, 0.6) is 0 Å². The van der Waals surface area contributed by atoms with Crippen molar-refractivity contribution in [2.24, 2.45) is 0 Å². The quantitative estimate of drug-likeness (QED) is 0.735. The summed E-state index contributed by atoms with van der Waals surface area (Å²) in [5, 5.41) is 3.91. The molecule has 20 heavy (non-hydrogen) atoms. The Balaban J connectivity index is 1.99. The summed E-state index contributed by atoms with van der Waals surface area (Å²) in [5.74, 6) is -0.102. The smallest absolute Gasteiger partial charge is 0.265 e. The van der Waals surface area contributed by atoms with Crippen LogP contribution in [0.4, 0.5) is 5.69 Å². The number of carbonyl (C=O) groups excluding carboxylic acids is 1. The third kappa shape index (κ3) is 2.46. The van der Waals surface area contributed by atoms with Crippen molar-refractivity contribution in [1.29, 1.82) is 0 Å². The Morgan fingerprint density at radius 1 is 1.25 bits per heavy atom. The van der Waals surface area contributed by atoms with Crippen LogP contribution in [0.2, 0.25) is 0 Å². The first-order chi connectivity index (χ1) is 9.65. The molecule has 0 aliphatic carbocycles. The Hall–Kier alpha value is -1.72. The van der Waals surface area contributed by atoms with Crippen molar-refractivity contribution in [2.45, 2.75) is 6.92 Å². The predicted octanol–water partition coefficient (Wildman–Crippen LogP) is 4.62. The zero-order valence-corrected chi connectivity index (χ0v) is 13.1. The fraction of sp³-hybridized carbons (Fsp3) is 0.0667. The third-order valence-corrected chi connectivity index (χ3v) is 4.64. The van der Waals surface area contributed by atoms with Gasteiger partial charge in [-0.25, -0.2) is 0 Å². The summed E-state index contributed by atoms with van der Waals surface area (Å²) < 4.78 is 0.943. The first-order valence-electron chi connectivity index (χ1n) is 6.06. The van der Waals surface area contributed by atoms with Crippen LogP contribution in [0.15, 0.2) is 46.4 Å². The van der Waals surface area contributed by atoms with E-state index in [2.05, 4.69) is 26.2 Å². The number of pyridine rings is 1. The summed E-state index contributed by atoms with van der Waals surface area (Å²) in [5.41, 5.74) is 2.79. The number of halogens is 1. The molecule has 3 aromatic rings. The predicted molar refractivity (Wildman–Crippen MR) is 86.5 cm³/mol. The van der Waals surface area contributed by atoms with Gasteiger partial charge in [0.2, 0.25) is 0 Å². The lowest BCUT2D eigenvalue weighted by atomic mass is 10.1. The van der Waals surface area contributed by atoms with Gasteiger partial charge in [0.1, 0.15) is 0 Å². The van der Waals surface area contributed by atoms with E-state index in [1.54, 1.807) is 12.3 Å². The van der Waals surface area contributed by atoms with Crippen molar-refractivity contribution in [3.63, 3.8) is 0 Å². The van der Waals surface area contributed by atoms with Crippen LogP contribution in [-0.2, 0) is 0 Å². The van der Waals surface area contributed by atoms with Crippen molar-refractivity contribution >= 4 is 49.8 Å². The Morgan fingerprint density at radius 2 is 2.10 bits per heavy atom. The Labute approximate surface area is 128 Å². The van der Waals surface area contributed by atoms with Crippen LogP contribution >= 0.6 is 27.3 Å². The van der Waals surface area contributed by atoms with Gasteiger partial charge in [0.05, 0.1) is 19.9 Å². The number of hydrogen-bond donors (Lipinski definition) is 1. The van der Waals surface area contributed by atoms with Gasteiger partial charge >= 0.3 is 0 Å². The molecule has 2 heterocycles. The largest absolute Gasteiger partial charge is 0.321 e. The molecule has 0 saturated heterocycles. The molecule has 3 nitrogen and oxygen atoms in total. The van der Waals surface area contributed by atoms with Gasteiger partial charge in [-0.15, -0.1) is 11.3 Å². The molecular weight excluding hydrogens is 336 g/mol. The standard InChI is InChI=1S/C15H11BrN2OS/c1-9-4-5-11(10-3-2-8-17-14(9)10)18-15(19)12-6-7-13(16)20-12/h2-8H,1H3,(H,18,19). The van der Waals surface area contributed by atoms with Crippen LogP contribution in [0.3, 0.4) is 0 Å². The number of amides is 1. The second kappa shape index (κ2) is 5.34. The van der Waals surface area contributed by atoms with Crippen LogP contribution < -0.4 is 5.32 Å². The summed E-state index contributed by atoms with van der Waals surface area (Å²) in [6.45, 7) is 2.01. The second-order valence-electron chi connectivity index (χ2n) is 4.39. The van der Waals surface area contributed by atoms with E-state index in [9.17, 15) is 4.79 Å². The number of benzene rings is 1. The molecule has 0 saturated carbocycles. The zero-order chi connectivity index (χ0) is 14.1. The van der Waals surface area contributed by atoms with Gasteiger partial charge in [-0.05, 0) is 58.7 Å². The van der Waals surface area contributed by atoms with E-state index in [0.29, 0.717) is 4.88 Å². The summed E-state index contributed by atoms with van der Waals surface area (Å²) >= 11 is 4.78. The fourth-order valence-electron chi connectivity index (χ4n) is 2.04. The number of thiophene rings is 1. The van der Waals surface area contributed by atoms with Crippen LogP contribution in [0.25, 0.3) is 10.9 Å². The number of rotatable bonds is 2. The fourth-order valence-corrected chi connectivity index (χ4v) is 3.32. The monoisotopic (exact) mass is 346 g/mol. The van der Waals surface area contributed by atoms with E-state index in [1.807, 2.05) is 37.3 Å². The molecule has 0 unspecified atom stereocenters. The van der Waals surface area contributed by atoms with Gasteiger partial charge in [-0.3, -0.25) is 9.78 Å². The van der Waals surface area contributed by atoms with Gasteiger partial charge in [-0.1, -0.05) is 6.07 Å². The lowest BCUT2D eigenvalue weighted by molar-refractivity contribution is 0.103. The van der Waals surface area contributed by atoms with Crippen molar-refractivity contribution in [1.82, 2.24) is 4.98 Å².